The van der Waals surface area contributed by atoms with Gasteiger partial charge in [-0.15, -0.1) is 0 Å². The third-order valence-electron chi connectivity index (χ3n) is 4.46. The molecule has 0 aliphatic heterocycles. The zero-order chi connectivity index (χ0) is 17.9. The SMILES string of the molecule is Oc1c(-c2ccccc2)cc(-c2ccc(Cl)cc2)cc1-c1ccccc1. The Balaban J connectivity index is 1.97. The summed E-state index contributed by atoms with van der Waals surface area (Å²) < 4.78 is 0. The maximum Gasteiger partial charge on any atom is 0.131 e. The molecule has 0 spiro atoms. The zero-order valence-electron chi connectivity index (χ0n) is 14.1. The van der Waals surface area contributed by atoms with Gasteiger partial charge in [0.1, 0.15) is 5.75 Å². The molecule has 2 heteroatoms. The molecule has 0 aliphatic rings. The number of phenols is 1. The van der Waals surface area contributed by atoms with Crippen LogP contribution >= 0.6 is 11.6 Å². The quantitative estimate of drug-likeness (QED) is 0.417. The first kappa shape index (κ1) is 16.4. The Labute approximate surface area is 158 Å². The number of halogens is 1. The molecule has 26 heavy (non-hydrogen) atoms. The lowest BCUT2D eigenvalue weighted by Gasteiger charge is -2.14. The molecule has 0 amide bonds. The first-order valence-corrected chi connectivity index (χ1v) is 8.84. The summed E-state index contributed by atoms with van der Waals surface area (Å²) in [5.74, 6) is 0.292. The van der Waals surface area contributed by atoms with Gasteiger partial charge in [0.15, 0.2) is 0 Å². The second-order valence-corrected chi connectivity index (χ2v) is 6.60. The van der Waals surface area contributed by atoms with Gasteiger partial charge in [-0.3, -0.25) is 0 Å². The molecule has 0 radical (unpaired) electrons. The Bertz CT molecular complexity index is 962. The summed E-state index contributed by atoms with van der Waals surface area (Å²) >= 11 is 6.04. The van der Waals surface area contributed by atoms with Crippen LogP contribution in [0.2, 0.25) is 5.02 Å². The number of benzene rings is 4. The molecule has 0 fully saturated rings. The van der Waals surface area contributed by atoms with Gasteiger partial charge in [0.25, 0.3) is 0 Å². The minimum absolute atomic E-state index is 0.292. The van der Waals surface area contributed by atoms with E-state index >= 15 is 0 Å². The second-order valence-electron chi connectivity index (χ2n) is 6.16. The normalized spacial score (nSPS) is 10.7. The smallest absolute Gasteiger partial charge is 0.131 e. The fourth-order valence-corrected chi connectivity index (χ4v) is 3.24. The first-order valence-electron chi connectivity index (χ1n) is 8.46. The summed E-state index contributed by atoms with van der Waals surface area (Å²) in [5.41, 5.74) is 5.70. The largest absolute Gasteiger partial charge is 0.507 e. The predicted molar refractivity (Wildman–Crippen MR) is 109 cm³/mol. The average Bonchev–Trinajstić information content (AvgIpc) is 2.70. The zero-order valence-corrected chi connectivity index (χ0v) is 14.8. The Morgan fingerprint density at radius 2 is 0.962 bits per heavy atom. The molecular formula is C24H17ClO. The molecule has 0 unspecified atom stereocenters. The van der Waals surface area contributed by atoms with Crippen LogP contribution in [0.4, 0.5) is 0 Å². The highest BCUT2D eigenvalue weighted by Gasteiger charge is 2.14. The maximum absolute atomic E-state index is 11.0. The number of phenolic OH excluding ortho intramolecular Hbond substituents is 1. The van der Waals surface area contributed by atoms with Crippen molar-refractivity contribution >= 4 is 11.6 Å². The van der Waals surface area contributed by atoms with Crippen molar-refractivity contribution in [2.45, 2.75) is 0 Å². The molecule has 0 atom stereocenters. The van der Waals surface area contributed by atoms with E-state index in [9.17, 15) is 5.11 Å². The summed E-state index contributed by atoms with van der Waals surface area (Å²) in [6.07, 6.45) is 0. The maximum atomic E-state index is 11.0. The van der Waals surface area contributed by atoms with Crippen LogP contribution in [0.25, 0.3) is 33.4 Å². The van der Waals surface area contributed by atoms with Gasteiger partial charge in [0.2, 0.25) is 0 Å². The van der Waals surface area contributed by atoms with Crippen LogP contribution < -0.4 is 0 Å². The van der Waals surface area contributed by atoms with Crippen LogP contribution in [0.3, 0.4) is 0 Å². The van der Waals surface area contributed by atoms with E-state index in [1.54, 1.807) is 0 Å². The van der Waals surface area contributed by atoms with Crippen LogP contribution in [0.5, 0.6) is 5.75 Å². The topological polar surface area (TPSA) is 20.2 Å². The summed E-state index contributed by atoms with van der Waals surface area (Å²) in [5, 5.41) is 11.7. The number of aromatic hydroxyl groups is 1. The summed E-state index contributed by atoms with van der Waals surface area (Å²) in [6, 6.07) is 31.7. The summed E-state index contributed by atoms with van der Waals surface area (Å²) in [4.78, 5) is 0. The molecule has 4 aromatic rings. The lowest BCUT2D eigenvalue weighted by molar-refractivity contribution is 0.479. The van der Waals surface area contributed by atoms with Crippen molar-refractivity contribution in [2.24, 2.45) is 0 Å². The predicted octanol–water partition coefficient (Wildman–Crippen LogP) is 7.05. The third-order valence-corrected chi connectivity index (χ3v) is 4.71. The molecule has 0 bridgehead atoms. The van der Waals surface area contributed by atoms with Crippen LogP contribution in [0, 0.1) is 0 Å². The van der Waals surface area contributed by atoms with Gasteiger partial charge in [-0.1, -0.05) is 84.4 Å². The fourth-order valence-electron chi connectivity index (χ4n) is 3.12. The molecule has 0 saturated heterocycles. The molecule has 126 valence electrons. The number of hydrogen-bond donors (Lipinski definition) is 1. The highest BCUT2D eigenvalue weighted by molar-refractivity contribution is 6.30. The van der Waals surface area contributed by atoms with Crippen molar-refractivity contribution in [3.63, 3.8) is 0 Å². The minimum atomic E-state index is 0.292. The van der Waals surface area contributed by atoms with Crippen molar-refractivity contribution in [2.75, 3.05) is 0 Å². The van der Waals surface area contributed by atoms with E-state index in [2.05, 4.69) is 0 Å². The standard InChI is InChI=1S/C24H17ClO/c25-21-13-11-17(12-14-21)20-15-22(18-7-3-1-4-8-18)24(26)23(16-20)19-9-5-2-6-10-19/h1-16,26H. The molecule has 1 N–H and O–H groups in total. The number of hydrogen-bond acceptors (Lipinski definition) is 1. The van der Waals surface area contributed by atoms with Crippen molar-refractivity contribution in [3.05, 3.63) is 102 Å². The van der Waals surface area contributed by atoms with Gasteiger partial charge >= 0.3 is 0 Å². The molecule has 1 nitrogen and oxygen atoms in total. The van der Waals surface area contributed by atoms with Crippen LogP contribution in [0.15, 0.2) is 97.1 Å². The van der Waals surface area contributed by atoms with E-state index in [1.165, 1.54) is 0 Å². The Morgan fingerprint density at radius 1 is 0.500 bits per heavy atom. The molecule has 0 aromatic heterocycles. The molecule has 4 aromatic carbocycles. The van der Waals surface area contributed by atoms with Crippen molar-refractivity contribution < 1.29 is 5.11 Å². The van der Waals surface area contributed by atoms with Gasteiger partial charge < -0.3 is 5.11 Å². The lowest BCUT2D eigenvalue weighted by Crippen LogP contribution is -1.88. The molecular weight excluding hydrogens is 340 g/mol. The van der Waals surface area contributed by atoms with Gasteiger partial charge in [-0.25, -0.2) is 0 Å². The van der Waals surface area contributed by atoms with E-state index in [0.717, 1.165) is 33.4 Å². The first-order chi connectivity index (χ1) is 12.7. The summed E-state index contributed by atoms with van der Waals surface area (Å²) in [7, 11) is 0. The van der Waals surface area contributed by atoms with Crippen molar-refractivity contribution in [3.8, 4) is 39.1 Å². The molecule has 0 aliphatic carbocycles. The molecule has 4 rings (SSSR count). The average molecular weight is 357 g/mol. The fraction of sp³-hybridized carbons (Fsp3) is 0. The third kappa shape index (κ3) is 3.22. The molecule has 0 saturated carbocycles. The van der Waals surface area contributed by atoms with Gasteiger partial charge in [-0.05, 0) is 46.5 Å². The van der Waals surface area contributed by atoms with E-state index in [1.807, 2.05) is 97.1 Å². The van der Waals surface area contributed by atoms with Gasteiger partial charge in [-0.2, -0.15) is 0 Å². The summed E-state index contributed by atoms with van der Waals surface area (Å²) in [6.45, 7) is 0. The van der Waals surface area contributed by atoms with Crippen LogP contribution in [0.1, 0.15) is 0 Å². The van der Waals surface area contributed by atoms with E-state index in [0.29, 0.717) is 10.8 Å². The highest BCUT2D eigenvalue weighted by Crippen LogP contribution is 2.41. The van der Waals surface area contributed by atoms with Gasteiger partial charge in [0, 0.05) is 16.1 Å². The lowest BCUT2D eigenvalue weighted by atomic mass is 9.92. The Kier molecular flexibility index (Phi) is 4.47. The van der Waals surface area contributed by atoms with Crippen molar-refractivity contribution in [1.82, 2.24) is 0 Å². The van der Waals surface area contributed by atoms with Gasteiger partial charge in [0.05, 0.1) is 0 Å². The van der Waals surface area contributed by atoms with E-state index in [-0.39, 0.29) is 0 Å². The van der Waals surface area contributed by atoms with Crippen molar-refractivity contribution in [1.29, 1.82) is 0 Å². The second kappa shape index (κ2) is 7.07. The van der Waals surface area contributed by atoms with E-state index < -0.39 is 0 Å². The monoisotopic (exact) mass is 356 g/mol. The highest BCUT2D eigenvalue weighted by atomic mass is 35.5. The van der Waals surface area contributed by atoms with Crippen LogP contribution in [-0.4, -0.2) is 5.11 Å². The number of rotatable bonds is 3. The minimum Gasteiger partial charge on any atom is -0.507 e. The van der Waals surface area contributed by atoms with E-state index in [4.69, 9.17) is 11.6 Å². The molecule has 0 heterocycles. The Hall–Kier alpha value is -3.03. The Morgan fingerprint density at radius 3 is 1.42 bits per heavy atom. The van der Waals surface area contributed by atoms with Crippen LogP contribution in [-0.2, 0) is 0 Å².